The molecule has 0 aromatic heterocycles. The molecule has 2 aromatic rings. The fourth-order valence-electron chi connectivity index (χ4n) is 6.13. The van der Waals surface area contributed by atoms with E-state index in [1.54, 1.807) is 0 Å². The van der Waals surface area contributed by atoms with Crippen LogP contribution in [0, 0.1) is 5.92 Å². The molecule has 0 amide bonds. The number of Topliss-reactive ketones (excluding diaryl/α,β-unsaturated/α-hetero) is 1. The van der Waals surface area contributed by atoms with Crippen molar-refractivity contribution in [2.45, 2.75) is 50.7 Å². The summed E-state index contributed by atoms with van der Waals surface area (Å²) < 4.78 is 9.32. The van der Waals surface area contributed by atoms with Gasteiger partial charge < -0.3 is 9.22 Å². The first-order valence-corrected chi connectivity index (χ1v) is 12.8. The van der Waals surface area contributed by atoms with Gasteiger partial charge in [-0.25, -0.2) is 4.58 Å². The Bertz CT molecular complexity index is 1040. The van der Waals surface area contributed by atoms with Crippen LogP contribution in [0.4, 0.5) is 0 Å². The quantitative estimate of drug-likeness (QED) is 0.271. The number of ketones is 1. The van der Waals surface area contributed by atoms with Crippen LogP contribution in [0.25, 0.3) is 0 Å². The van der Waals surface area contributed by atoms with Crippen molar-refractivity contribution < 1.29 is 23.4 Å². The van der Waals surface area contributed by atoms with Gasteiger partial charge in [0.1, 0.15) is 25.7 Å². The van der Waals surface area contributed by atoms with Crippen molar-refractivity contribution in [3.63, 3.8) is 0 Å². The standard InChI is InChI=1S/C29H36N2O3/c1-22-9-8-16-30(22)19-26(23-10-4-2-5-11-23)29(33)34-28-21-31(17-14-25(28)15-18-31)20-27(32)24-12-6-3-7-13-24/h2-7,10-13,19,22,25-26,28H,8-9,14-18,20-21H2,1H3/q+2. The maximum absolute atomic E-state index is 13.6. The maximum atomic E-state index is 13.6. The summed E-state index contributed by atoms with van der Waals surface area (Å²) in [6.45, 7) is 6.45. The van der Waals surface area contributed by atoms with Gasteiger partial charge in [-0.1, -0.05) is 60.7 Å². The number of hydrogen-bond acceptors (Lipinski definition) is 3. The maximum Gasteiger partial charge on any atom is 0.324 e. The third-order valence-electron chi connectivity index (χ3n) is 8.24. The minimum Gasteiger partial charge on any atom is -0.455 e. The van der Waals surface area contributed by atoms with Crippen LogP contribution >= 0.6 is 0 Å². The van der Waals surface area contributed by atoms with Gasteiger partial charge in [0.05, 0.1) is 13.1 Å². The highest BCUT2D eigenvalue weighted by atomic mass is 16.5. The summed E-state index contributed by atoms with van der Waals surface area (Å²) in [6.07, 6.45) is 6.34. The van der Waals surface area contributed by atoms with Crippen LogP contribution < -0.4 is 0 Å². The van der Waals surface area contributed by atoms with Gasteiger partial charge in [0, 0.05) is 37.2 Å². The third kappa shape index (κ3) is 4.85. The molecule has 3 atom stereocenters. The molecular weight excluding hydrogens is 424 g/mol. The van der Waals surface area contributed by atoms with E-state index in [0.29, 0.717) is 18.5 Å². The Labute approximate surface area is 202 Å². The summed E-state index contributed by atoms with van der Waals surface area (Å²) in [7, 11) is 0. The lowest BCUT2D eigenvalue weighted by Crippen LogP contribution is -2.65. The average molecular weight is 461 g/mol. The van der Waals surface area contributed by atoms with Crippen molar-refractivity contribution >= 4 is 18.0 Å². The average Bonchev–Trinajstić information content (AvgIpc) is 3.28. The van der Waals surface area contributed by atoms with Crippen LogP contribution in [0.2, 0.25) is 0 Å². The number of esters is 1. The van der Waals surface area contributed by atoms with Gasteiger partial charge in [0.15, 0.2) is 18.2 Å². The molecule has 0 spiro atoms. The Morgan fingerprint density at radius 3 is 2.35 bits per heavy atom. The van der Waals surface area contributed by atoms with E-state index in [1.165, 1.54) is 0 Å². The summed E-state index contributed by atoms with van der Waals surface area (Å²) in [5.74, 6) is 0.0376. The lowest BCUT2D eigenvalue weighted by atomic mass is 9.82. The van der Waals surface area contributed by atoms with Gasteiger partial charge in [-0.15, -0.1) is 0 Å². The summed E-state index contributed by atoms with van der Waals surface area (Å²) in [5, 5.41) is 0. The van der Waals surface area contributed by atoms with Crippen LogP contribution in [-0.2, 0) is 9.53 Å². The van der Waals surface area contributed by atoms with E-state index in [4.69, 9.17) is 4.74 Å². The summed E-state index contributed by atoms with van der Waals surface area (Å²) >= 11 is 0. The minimum atomic E-state index is -0.392. The Morgan fingerprint density at radius 2 is 1.71 bits per heavy atom. The summed E-state index contributed by atoms with van der Waals surface area (Å²) in [6, 6.07) is 20.0. The highest BCUT2D eigenvalue weighted by Crippen LogP contribution is 2.36. The topological polar surface area (TPSA) is 46.4 Å². The van der Waals surface area contributed by atoms with E-state index in [0.717, 1.165) is 67.5 Å². The molecule has 4 saturated heterocycles. The number of ether oxygens (including phenoxy) is 1. The van der Waals surface area contributed by atoms with Crippen LogP contribution in [0.3, 0.4) is 0 Å². The van der Waals surface area contributed by atoms with Gasteiger partial charge in [-0.2, -0.15) is 0 Å². The lowest BCUT2D eigenvalue weighted by molar-refractivity contribution is -0.938. The molecule has 6 rings (SSSR count). The van der Waals surface area contributed by atoms with E-state index >= 15 is 0 Å². The zero-order valence-corrected chi connectivity index (χ0v) is 20.1. The number of fused-ring (bicyclic) bond motifs is 3. The van der Waals surface area contributed by atoms with Crippen molar-refractivity contribution in [2.24, 2.45) is 5.92 Å². The van der Waals surface area contributed by atoms with Crippen molar-refractivity contribution in [2.75, 3.05) is 32.7 Å². The molecule has 4 fully saturated rings. The zero-order chi connectivity index (χ0) is 23.5. The second-order valence-electron chi connectivity index (χ2n) is 10.5. The normalized spacial score (nSPS) is 30.3. The number of rotatable bonds is 7. The van der Waals surface area contributed by atoms with Crippen molar-refractivity contribution in [1.82, 2.24) is 0 Å². The summed E-state index contributed by atoms with van der Waals surface area (Å²) in [5.41, 5.74) is 1.76. The number of benzene rings is 2. The fourth-order valence-corrected chi connectivity index (χ4v) is 6.13. The highest BCUT2D eigenvalue weighted by molar-refractivity contribution is 5.97. The SMILES string of the molecule is CC1CCC[N+]1=CC(C(=O)OC1C[N+]2(CC(=O)c3ccccc3)CCC1CC2)c1ccccc1. The Balaban J connectivity index is 1.32. The molecule has 34 heavy (non-hydrogen) atoms. The van der Waals surface area contributed by atoms with Gasteiger partial charge in [-0.3, -0.25) is 9.59 Å². The number of piperidine rings is 3. The second-order valence-corrected chi connectivity index (χ2v) is 10.5. The first kappa shape index (κ1) is 23.0. The molecule has 2 bridgehead atoms. The monoisotopic (exact) mass is 460 g/mol. The van der Waals surface area contributed by atoms with E-state index in [-0.39, 0.29) is 17.9 Å². The molecule has 4 aliphatic heterocycles. The molecule has 178 valence electrons. The number of quaternary nitrogens is 1. The van der Waals surface area contributed by atoms with Gasteiger partial charge in [-0.05, 0) is 12.5 Å². The third-order valence-corrected chi connectivity index (χ3v) is 8.24. The van der Waals surface area contributed by atoms with Gasteiger partial charge in [0.25, 0.3) is 0 Å². The number of carbonyl (C=O) groups excluding carboxylic acids is 2. The predicted octanol–water partition coefficient (Wildman–Crippen LogP) is 4.07. The molecular formula is C29H36N2O3+2. The molecule has 2 aromatic carbocycles. The Morgan fingerprint density at radius 1 is 1.03 bits per heavy atom. The largest absolute Gasteiger partial charge is 0.455 e. The molecule has 0 radical (unpaired) electrons. The molecule has 5 heteroatoms. The van der Waals surface area contributed by atoms with Crippen LogP contribution in [-0.4, -0.2) is 71.9 Å². The molecule has 3 unspecified atom stereocenters. The number of hydrogen-bond donors (Lipinski definition) is 0. The van der Waals surface area contributed by atoms with Gasteiger partial charge in [0.2, 0.25) is 5.78 Å². The van der Waals surface area contributed by atoms with Crippen molar-refractivity contribution in [3.8, 4) is 0 Å². The minimum absolute atomic E-state index is 0.116. The smallest absolute Gasteiger partial charge is 0.324 e. The fraction of sp³-hybridized carbons (Fsp3) is 0.483. The lowest BCUT2D eigenvalue weighted by Gasteiger charge is -2.51. The first-order valence-electron chi connectivity index (χ1n) is 12.8. The second kappa shape index (κ2) is 9.83. The Kier molecular flexibility index (Phi) is 6.64. The molecule has 5 nitrogen and oxygen atoms in total. The summed E-state index contributed by atoms with van der Waals surface area (Å²) in [4.78, 5) is 26.6. The molecule has 0 N–H and O–H groups in total. The zero-order valence-electron chi connectivity index (χ0n) is 20.1. The van der Waals surface area contributed by atoms with E-state index in [9.17, 15) is 9.59 Å². The highest BCUT2D eigenvalue weighted by Gasteiger charge is 2.49. The molecule has 0 saturated carbocycles. The predicted molar refractivity (Wildman–Crippen MR) is 132 cm³/mol. The first-order chi connectivity index (χ1) is 16.5. The van der Waals surface area contributed by atoms with E-state index in [1.807, 2.05) is 60.7 Å². The van der Waals surface area contributed by atoms with Crippen LogP contribution in [0.5, 0.6) is 0 Å². The van der Waals surface area contributed by atoms with E-state index in [2.05, 4.69) is 17.7 Å². The van der Waals surface area contributed by atoms with Crippen molar-refractivity contribution in [1.29, 1.82) is 0 Å². The van der Waals surface area contributed by atoms with E-state index < -0.39 is 5.92 Å². The van der Waals surface area contributed by atoms with Crippen LogP contribution in [0.15, 0.2) is 60.7 Å². The van der Waals surface area contributed by atoms with Gasteiger partial charge >= 0.3 is 5.97 Å². The van der Waals surface area contributed by atoms with Crippen molar-refractivity contribution in [3.05, 3.63) is 71.8 Å². The molecule has 4 heterocycles. The molecule has 4 aliphatic rings. The number of carbonyl (C=O) groups is 2. The molecule has 0 aliphatic carbocycles. The number of nitrogens with zero attached hydrogens (tertiary/aromatic N) is 2. The Hall–Kier alpha value is -2.79. The van der Waals surface area contributed by atoms with Crippen LogP contribution in [0.1, 0.15) is 54.4 Å².